The second kappa shape index (κ2) is 12.1. The summed E-state index contributed by atoms with van der Waals surface area (Å²) in [5.41, 5.74) is 3.39. The minimum Gasteiger partial charge on any atom is -0.485 e. The molecular weight excluding hydrogens is 384 g/mol. The van der Waals surface area contributed by atoms with Crippen LogP contribution in [-0.4, -0.2) is 27.2 Å². The Bertz CT molecular complexity index is 828. The first kappa shape index (κ1) is 22.9. The lowest BCUT2D eigenvalue weighted by Crippen LogP contribution is -2.17. The Morgan fingerprint density at radius 3 is 1.42 bits per heavy atom. The number of ether oxygens (including phenoxy) is 2. The predicted molar refractivity (Wildman–Crippen MR) is 128 cm³/mol. The largest absolute Gasteiger partial charge is 0.485 e. The van der Waals surface area contributed by atoms with Crippen molar-refractivity contribution in [3.8, 4) is 11.5 Å². The van der Waals surface area contributed by atoms with Crippen LogP contribution >= 0.6 is 0 Å². The molecule has 0 aromatic heterocycles. The van der Waals surface area contributed by atoms with Gasteiger partial charge < -0.3 is 20.1 Å². The van der Waals surface area contributed by atoms with Crippen LogP contribution in [-0.2, 0) is 0 Å². The molecule has 0 bridgehead atoms. The molecule has 2 atom stereocenters. The Balaban J connectivity index is 1.82. The molecule has 3 aromatic carbocycles. The minimum absolute atomic E-state index is 0.0168. The maximum atomic E-state index is 6.51. The summed E-state index contributed by atoms with van der Waals surface area (Å²) in [6.07, 6.45) is 1.74. The molecule has 0 radical (unpaired) electrons. The third kappa shape index (κ3) is 6.58. The Hall–Kier alpha value is -2.82. The average Bonchev–Trinajstić information content (AvgIpc) is 2.82. The van der Waals surface area contributed by atoms with Gasteiger partial charge in [0.2, 0.25) is 0 Å². The molecule has 0 spiro atoms. The Morgan fingerprint density at radius 2 is 1.03 bits per heavy atom. The molecule has 0 saturated carbocycles. The van der Waals surface area contributed by atoms with Gasteiger partial charge in [-0.2, -0.15) is 0 Å². The molecule has 0 fully saturated rings. The Kier molecular flexibility index (Phi) is 8.95. The van der Waals surface area contributed by atoms with Gasteiger partial charge in [0.25, 0.3) is 0 Å². The maximum Gasteiger partial charge on any atom is 0.126 e. The lowest BCUT2D eigenvalue weighted by atomic mass is 10.1. The van der Waals surface area contributed by atoms with E-state index in [1.165, 1.54) is 11.1 Å². The van der Waals surface area contributed by atoms with E-state index in [2.05, 4.69) is 66.1 Å². The molecule has 164 valence electrons. The van der Waals surface area contributed by atoms with Crippen molar-refractivity contribution >= 4 is 0 Å². The van der Waals surface area contributed by atoms with Gasteiger partial charge in [-0.3, -0.25) is 0 Å². The standard InChI is InChI=1S/C27H34N2O2/c1-21-24(30-26(17-19-28-2)22-11-6-4-7-12-22)15-10-16-25(21)31-27(18-20-29-3)23-13-8-5-9-14-23/h4-16,26-29H,17-20H2,1-3H3/t26-,27-/m1/s1. The van der Waals surface area contributed by atoms with E-state index in [0.717, 1.165) is 43.0 Å². The molecule has 0 aliphatic heterocycles. The highest BCUT2D eigenvalue weighted by Gasteiger charge is 2.18. The van der Waals surface area contributed by atoms with Crippen molar-refractivity contribution in [1.29, 1.82) is 0 Å². The second-order valence-electron chi connectivity index (χ2n) is 7.70. The van der Waals surface area contributed by atoms with Gasteiger partial charge in [-0.1, -0.05) is 66.7 Å². The molecule has 4 nitrogen and oxygen atoms in total. The fourth-order valence-electron chi connectivity index (χ4n) is 3.63. The molecule has 2 N–H and O–H groups in total. The van der Waals surface area contributed by atoms with Crippen LogP contribution in [0.5, 0.6) is 11.5 Å². The van der Waals surface area contributed by atoms with E-state index in [1.807, 2.05) is 44.4 Å². The van der Waals surface area contributed by atoms with Crippen LogP contribution in [0.15, 0.2) is 78.9 Å². The van der Waals surface area contributed by atoms with Gasteiger partial charge in [-0.25, -0.2) is 0 Å². The predicted octanol–water partition coefficient (Wildman–Crippen LogP) is 5.45. The molecule has 3 aromatic rings. The first-order valence-corrected chi connectivity index (χ1v) is 11.0. The van der Waals surface area contributed by atoms with E-state index in [-0.39, 0.29) is 12.2 Å². The highest BCUT2D eigenvalue weighted by atomic mass is 16.5. The van der Waals surface area contributed by atoms with Crippen molar-refractivity contribution in [2.24, 2.45) is 0 Å². The van der Waals surface area contributed by atoms with Crippen LogP contribution in [0.4, 0.5) is 0 Å². The van der Waals surface area contributed by atoms with Gasteiger partial charge in [-0.05, 0) is 57.4 Å². The van der Waals surface area contributed by atoms with Gasteiger partial charge in [-0.15, -0.1) is 0 Å². The molecular formula is C27H34N2O2. The number of benzene rings is 3. The summed E-state index contributed by atoms with van der Waals surface area (Å²) in [7, 11) is 3.94. The van der Waals surface area contributed by atoms with Crippen LogP contribution in [0.1, 0.15) is 41.7 Å². The third-order valence-electron chi connectivity index (χ3n) is 5.43. The average molecular weight is 419 g/mol. The summed E-state index contributed by atoms with van der Waals surface area (Å²) < 4.78 is 13.0. The van der Waals surface area contributed by atoms with Crippen LogP contribution in [0, 0.1) is 6.92 Å². The van der Waals surface area contributed by atoms with E-state index < -0.39 is 0 Å². The van der Waals surface area contributed by atoms with E-state index in [9.17, 15) is 0 Å². The first-order chi connectivity index (χ1) is 15.2. The summed E-state index contributed by atoms with van der Waals surface area (Å²) in [6, 6.07) is 26.9. The lowest BCUT2D eigenvalue weighted by molar-refractivity contribution is 0.181. The summed E-state index contributed by atoms with van der Waals surface area (Å²) in [6.45, 7) is 3.84. The molecule has 31 heavy (non-hydrogen) atoms. The molecule has 4 heteroatoms. The summed E-state index contributed by atoms with van der Waals surface area (Å²) >= 11 is 0. The van der Waals surface area contributed by atoms with Crippen molar-refractivity contribution in [3.63, 3.8) is 0 Å². The smallest absolute Gasteiger partial charge is 0.126 e. The van der Waals surface area contributed by atoms with E-state index in [0.29, 0.717) is 0 Å². The van der Waals surface area contributed by atoms with Gasteiger partial charge >= 0.3 is 0 Å². The summed E-state index contributed by atoms with van der Waals surface area (Å²) in [5.74, 6) is 1.73. The summed E-state index contributed by atoms with van der Waals surface area (Å²) in [4.78, 5) is 0. The highest BCUT2D eigenvalue weighted by molar-refractivity contribution is 5.44. The molecule has 0 aliphatic rings. The molecule has 3 rings (SSSR count). The van der Waals surface area contributed by atoms with E-state index in [4.69, 9.17) is 9.47 Å². The SMILES string of the molecule is CNCC[C@@H](Oc1cccc(O[C@H](CCNC)c2ccccc2)c1C)c1ccccc1. The van der Waals surface area contributed by atoms with Crippen LogP contribution in [0.25, 0.3) is 0 Å². The first-order valence-electron chi connectivity index (χ1n) is 11.0. The van der Waals surface area contributed by atoms with Gasteiger partial charge in [0, 0.05) is 18.4 Å². The zero-order valence-corrected chi connectivity index (χ0v) is 18.8. The van der Waals surface area contributed by atoms with E-state index >= 15 is 0 Å². The Labute approximate surface area is 186 Å². The maximum absolute atomic E-state index is 6.51. The lowest BCUT2D eigenvalue weighted by Gasteiger charge is -2.24. The van der Waals surface area contributed by atoms with Gasteiger partial charge in [0.05, 0.1) is 0 Å². The van der Waals surface area contributed by atoms with Crippen molar-refractivity contribution in [2.45, 2.75) is 32.0 Å². The number of rotatable bonds is 12. The van der Waals surface area contributed by atoms with Crippen LogP contribution in [0.2, 0.25) is 0 Å². The normalized spacial score (nSPS) is 12.9. The second-order valence-corrected chi connectivity index (χ2v) is 7.70. The molecule has 0 aliphatic carbocycles. The molecule has 0 amide bonds. The number of nitrogens with one attached hydrogen (secondary N) is 2. The number of hydrogen-bond acceptors (Lipinski definition) is 4. The monoisotopic (exact) mass is 418 g/mol. The zero-order valence-electron chi connectivity index (χ0n) is 18.8. The van der Waals surface area contributed by atoms with Crippen LogP contribution in [0.3, 0.4) is 0 Å². The molecule has 0 heterocycles. The van der Waals surface area contributed by atoms with E-state index in [1.54, 1.807) is 0 Å². The van der Waals surface area contributed by atoms with Crippen molar-refractivity contribution in [3.05, 3.63) is 95.6 Å². The third-order valence-corrected chi connectivity index (χ3v) is 5.43. The Morgan fingerprint density at radius 1 is 0.613 bits per heavy atom. The fraction of sp³-hybridized carbons (Fsp3) is 0.333. The van der Waals surface area contributed by atoms with Gasteiger partial charge in [0.1, 0.15) is 23.7 Å². The summed E-state index contributed by atoms with van der Waals surface area (Å²) in [5, 5.41) is 6.47. The van der Waals surface area contributed by atoms with Crippen molar-refractivity contribution in [1.82, 2.24) is 10.6 Å². The van der Waals surface area contributed by atoms with Crippen molar-refractivity contribution in [2.75, 3.05) is 27.2 Å². The van der Waals surface area contributed by atoms with Crippen LogP contribution < -0.4 is 20.1 Å². The van der Waals surface area contributed by atoms with Gasteiger partial charge in [0.15, 0.2) is 0 Å². The highest BCUT2D eigenvalue weighted by Crippen LogP contribution is 2.35. The quantitative estimate of drug-likeness (QED) is 0.410. The minimum atomic E-state index is -0.0168. The molecule has 0 saturated heterocycles. The zero-order chi connectivity index (χ0) is 21.9. The fourth-order valence-corrected chi connectivity index (χ4v) is 3.63. The van der Waals surface area contributed by atoms with Crippen molar-refractivity contribution < 1.29 is 9.47 Å². The molecule has 0 unspecified atom stereocenters. The topological polar surface area (TPSA) is 42.5 Å². The number of hydrogen-bond donors (Lipinski definition) is 2.